The number of hydrogen-bond acceptors (Lipinski definition) is 6. The summed E-state index contributed by atoms with van der Waals surface area (Å²) < 4.78 is 2.77. The van der Waals surface area contributed by atoms with Crippen LogP contribution in [0.3, 0.4) is 0 Å². The van der Waals surface area contributed by atoms with E-state index in [0.29, 0.717) is 10.0 Å². The topological polar surface area (TPSA) is 74.7 Å². The van der Waals surface area contributed by atoms with Gasteiger partial charge in [-0.1, -0.05) is 23.4 Å². The fourth-order valence-corrected chi connectivity index (χ4v) is 3.88. The Morgan fingerprint density at radius 1 is 1.52 bits per heavy atom. The molecule has 8 heteroatoms. The molecule has 0 atom stereocenters. The van der Waals surface area contributed by atoms with Gasteiger partial charge in [0.25, 0.3) is 0 Å². The number of nitrogens with zero attached hydrogens (tertiary/aromatic N) is 4. The maximum atomic E-state index is 10.3. The Morgan fingerprint density at radius 2 is 2.35 bits per heavy atom. The van der Waals surface area contributed by atoms with Crippen molar-refractivity contribution in [1.29, 1.82) is 5.26 Å². The van der Waals surface area contributed by atoms with Gasteiger partial charge < -0.3 is 9.67 Å². The largest absolute Gasteiger partial charge is 0.510 e. The Labute approximate surface area is 145 Å². The van der Waals surface area contributed by atoms with Crippen molar-refractivity contribution >= 4 is 50.5 Å². The maximum Gasteiger partial charge on any atom is 0.168 e. The van der Waals surface area contributed by atoms with Crippen LogP contribution in [0.15, 0.2) is 41.5 Å². The number of halogens is 1. The minimum absolute atomic E-state index is 0.00865. The van der Waals surface area contributed by atoms with E-state index < -0.39 is 0 Å². The van der Waals surface area contributed by atoms with Crippen LogP contribution in [-0.4, -0.2) is 25.4 Å². The second-order valence-electron chi connectivity index (χ2n) is 4.67. The zero-order chi connectivity index (χ0) is 16.4. The smallest absolute Gasteiger partial charge is 0.168 e. The molecule has 0 aliphatic heterocycles. The summed E-state index contributed by atoms with van der Waals surface area (Å²) >= 11 is 8.66. The van der Waals surface area contributed by atoms with Gasteiger partial charge in [-0.3, -0.25) is 0 Å². The molecule has 0 bridgehead atoms. The van der Waals surface area contributed by atoms with E-state index in [1.165, 1.54) is 23.1 Å². The normalized spacial score (nSPS) is 12.2. The number of aromatic nitrogens is 3. The van der Waals surface area contributed by atoms with Crippen molar-refractivity contribution in [2.45, 2.75) is 5.16 Å². The van der Waals surface area contributed by atoms with Crippen LogP contribution in [0, 0.1) is 11.3 Å². The summed E-state index contributed by atoms with van der Waals surface area (Å²) in [5.41, 5.74) is 0.902. The van der Waals surface area contributed by atoms with Crippen molar-refractivity contribution in [2.75, 3.05) is 5.75 Å². The van der Waals surface area contributed by atoms with Crippen LogP contribution in [0.5, 0.6) is 0 Å². The molecule has 3 aromatic rings. The van der Waals surface area contributed by atoms with Crippen LogP contribution in [0.4, 0.5) is 0 Å². The lowest BCUT2D eigenvalue weighted by Gasteiger charge is -2.02. The number of aryl methyl sites for hydroxylation is 1. The first kappa shape index (κ1) is 15.9. The summed E-state index contributed by atoms with van der Waals surface area (Å²) in [5.74, 6) is 0.246. The van der Waals surface area contributed by atoms with E-state index in [-0.39, 0.29) is 17.1 Å². The summed E-state index contributed by atoms with van der Waals surface area (Å²) in [6, 6.07) is 7.41. The minimum atomic E-state index is -0.00865. The van der Waals surface area contributed by atoms with Gasteiger partial charge in [-0.25, -0.2) is 9.97 Å². The minimum Gasteiger partial charge on any atom is -0.510 e. The molecule has 0 saturated heterocycles. The van der Waals surface area contributed by atoms with Crippen LogP contribution in [0.25, 0.3) is 15.8 Å². The second kappa shape index (κ2) is 6.62. The molecular formula is C15H11ClN4OS2. The summed E-state index contributed by atoms with van der Waals surface area (Å²) in [6.45, 7) is 0. The summed E-state index contributed by atoms with van der Waals surface area (Å²) in [4.78, 5) is 8.56. The predicted octanol–water partition coefficient (Wildman–Crippen LogP) is 4.27. The highest BCUT2D eigenvalue weighted by Crippen LogP contribution is 2.31. The predicted molar refractivity (Wildman–Crippen MR) is 93.7 cm³/mol. The number of imidazole rings is 1. The molecule has 23 heavy (non-hydrogen) atoms. The van der Waals surface area contributed by atoms with Crippen LogP contribution in [0.1, 0.15) is 5.01 Å². The first-order chi connectivity index (χ1) is 11.1. The van der Waals surface area contributed by atoms with Gasteiger partial charge in [0.1, 0.15) is 22.4 Å². The lowest BCUT2D eigenvalue weighted by Crippen LogP contribution is -1.95. The SMILES string of the molecule is Cn1ccnc1SC/C(O)=C(\C#N)c1nc2cc(Cl)ccc2s1. The quantitative estimate of drug-likeness (QED) is 0.426. The average molecular weight is 363 g/mol. The zero-order valence-corrected chi connectivity index (χ0v) is 14.4. The molecule has 2 heterocycles. The van der Waals surface area contributed by atoms with Gasteiger partial charge in [0.05, 0.1) is 16.0 Å². The molecule has 3 rings (SSSR count). The highest BCUT2D eigenvalue weighted by atomic mass is 35.5. The van der Waals surface area contributed by atoms with Crippen molar-refractivity contribution in [1.82, 2.24) is 14.5 Å². The fraction of sp³-hybridized carbons (Fsp3) is 0.133. The van der Waals surface area contributed by atoms with Crippen LogP contribution in [0.2, 0.25) is 5.02 Å². The Hall–Kier alpha value is -2.01. The number of aliphatic hydroxyl groups is 1. The van der Waals surface area contributed by atoms with Gasteiger partial charge in [0.15, 0.2) is 5.16 Å². The molecule has 2 aromatic heterocycles. The molecule has 0 saturated carbocycles. The Balaban J connectivity index is 1.90. The van der Waals surface area contributed by atoms with Gasteiger partial charge in [0.2, 0.25) is 0 Å². The monoisotopic (exact) mass is 362 g/mol. The van der Waals surface area contributed by atoms with Gasteiger partial charge in [0, 0.05) is 24.5 Å². The molecular weight excluding hydrogens is 352 g/mol. The Morgan fingerprint density at radius 3 is 3.04 bits per heavy atom. The molecule has 1 N–H and O–H groups in total. The molecule has 0 radical (unpaired) electrons. The number of aliphatic hydroxyl groups excluding tert-OH is 1. The van der Waals surface area contributed by atoms with Crippen molar-refractivity contribution < 1.29 is 5.11 Å². The molecule has 116 valence electrons. The molecule has 0 unspecified atom stereocenters. The summed E-state index contributed by atoms with van der Waals surface area (Å²) in [5, 5.41) is 21.5. The van der Waals surface area contributed by atoms with Crippen molar-refractivity contribution in [3.8, 4) is 6.07 Å². The zero-order valence-electron chi connectivity index (χ0n) is 12.0. The molecule has 0 amide bonds. The van der Waals surface area contributed by atoms with E-state index in [9.17, 15) is 10.4 Å². The third-order valence-electron chi connectivity index (χ3n) is 3.08. The number of rotatable bonds is 4. The highest BCUT2D eigenvalue weighted by molar-refractivity contribution is 7.99. The fourth-order valence-electron chi connectivity index (χ4n) is 1.94. The van der Waals surface area contributed by atoms with Crippen LogP contribution < -0.4 is 0 Å². The second-order valence-corrected chi connectivity index (χ2v) is 7.08. The molecule has 1 aromatic carbocycles. The average Bonchev–Trinajstić information content (AvgIpc) is 3.11. The third-order valence-corrected chi connectivity index (χ3v) is 5.44. The lowest BCUT2D eigenvalue weighted by molar-refractivity contribution is 0.420. The number of hydrogen-bond donors (Lipinski definition) is 1. The molecule has 0 aliphatic carbocycles. The number of nitriles is 1. The van der Waals surface area contributed by atoms with Crippen LogP contribution >= 0.6 is 34.7 Å². The van der Waals surface area contributed by atoms with Crippen molar-refractivity contribution in [3.63, 3.8) is 0 Å². The number of thioether (sulfide) groups is 1. The van der Waals surface area contributed by atoms with E-state index >= 15 is 0 Å². The summed E-state index contributed by atoms with van der Waals surface area (Å²) in [7, 11) is 1.87. The van der Waals surface area contributed by atoms with Gasteiger partial charge in [-0.15, -0.1) is 11.3 Å². The Bertz CT molecular complexity index is 938. The Kier molecular flexibility index (Phi) is 4.57. The number of thiazole rings is 1. The first-order valence-corrected chi connectivity index (χ1v) is 8.75. The number of fused-ring (bicyclic) bond motifs is 1. The summed E-state index contributed by atoms with van der Waals surface area (Å²) in [6.07, 6.45) is 3.51. The van der Waals surface area contributed by atoms with Gasteiger partial charge in [-0.05, 0) is 18.2 Å². The lowest BCUT2D eigenvalue weighted by atomic mass is 10.2. The van der Waals surface area contributed by atoms with Crippen LogP contribution in [-0.2, 0) is 7.05 Å². The van der Waals surface area contributed by atoms with Gasteiger partial charge in [-0.2, -0.15) is 5.26 Å². The number of benzene rings is 1. The maximum absolute atomic E-state index is 10.3. The van der Waals surface area contributed by atoms with E-state index in [0.717, 1.165) is 15.4 Å². The van der Waals surface area contributed by atoms with Crippen molar-refractivity contribution in [2.24, 2.45) is 7.05 Å². The standard InChI is InChI=1S/C15H11ClN4OS2/c1-20-5-4-18-15(20)22-8-12(21)10(7-17)14-19-11-6-9(16)2-3-13(11)23-14/h2-6,21H,8H2,1H3/b12-10-. The third kappa shape index (κ3) is 3.34. The van der Waals surface area contributed by atoms with E-state index in [1.807, 2.05) is 29.9 Å². The van der Waals surface area contributed by atoms with Gasteiger partial charge >= 0.3 is 0 Å². The van der Waals surface area contributed by atoms with E-state index in [2.05, 4.69) is 9.97 Å². The molecule has 0 aliphatic rings. The van der Waals surface area contributed by atoms with E-state index in [1.54, 1.807) is 18.3 Å². The number of allylic oxidation sites excluding steroid dienone is 1. The first-order valence-electron chi connectivity index (χ1n) is 6.57. The van der Waals surface area contributed by atoms with E-state index in [4.69, 9.17) is 11.6 Å². The molecule has 0 fully saturated rings. The molecule has 5 nitrogen and oxygen atoms in total. The molecule has 0 spiro atoms. The highest BCUT2D eigenvalue weighted by Gasteiger charge is 2.15. The van der Waals surface area contributed by atoms with Crippen molar-refractivity contribution in [3.05, 3.63) is 46.4 Å².